The number of thioether (sulfide) groups is 2. The second kappa shape index (κ2) is 11.0. The van der Waals surface area contributed by atoms with Gasteiger partial charge in [-0.05, 0) is 60.1 Å². The summed E-state index contributed by atoms with van der Waals surface area (Å²) in [6.45, 7) is 0. The van der Waals surface area contributed by atoms with E-state index < -0.39 is 0 Å². The van der Waals surface area contributed by atoms with Crippen molar-refractivity contribution in [1.82, 2.24) is 4.37 Å². The van der Waals surface area contributed by atoms with Crippen molar-refractivity contribution in [3.8, 4) is 17.6 Å². The molecule has 2 aromatic carbocycles. The molecule has 0 saturated heterocycles. The van der Waals surface area contributed by atoms with Crippen molar-refractivity contribution in [2.75, 3.05) is 25.7 Å². The van der Waals surface area contributed by atoms with Crippen LogP contribution in [-0.2, 0) is 0 Å². The van der Waals surface area contributed by atoms with E-state index in [4.69, 9.17) is 9.47 Å². The molecule has 0 atom stereocenters. The summed E-state index contributed by atoms with van der Waals surface area (Å²) in [4.78, 5) is 24.8. The van der Waals surface area contributed by atoms with E-state index in [1.54, 1.807) is 62.8 Å². The number of ketones is 2. The number of nitrogens with zero attached hydrogens (tertiary/aromatic N) is 2. The molecule has 3 aromatic rings. The van der Waals surface area contributed by atoms with Crippen molar-refractivity contribution in [2.24, 2.45) is 0 Å². The van der Waals surface area contributed by atoms with Crippen LogP contribution in [0.3, 0.4) is 0 Å². The summed E-state index contributed by atoms with van der Waals surface area (Å²) in [7, 11) is 3.14. The van der Waals surface area contributed by atoms with Crippen molar-refractivity contribution in [2.45, 2.75) is 9.24 Å². The van der Waals surface area contributed by atoms with E-state index in [0.717, 1.165) is 0 Å². The highest BCUT2D eigenvalue weighted by atomic mass is 32.2. The zero-order valence-electron chi connectivity index (χ0n) is 16.8. The third-order valence-corrected chi connectivity index (χ3v) is 7.42. The number of nitriles is 1. The first kappa shape index (κ1) is 22.9. The molecular formula is C22H18N2O4S3. The molecule has 6 nitrogen and oxygen atoms in total. The van der Waals surface area contributed by atoms with Gasteiger partial charge in [0.05, 0.1) is 25.7 Å². The standard InChI is InChI=1S/C22H18N2O4S3/c1-27-16-7-3-14(4-8-16)19(25)12-29-21-18(11-23)22(31-24-21)30-13-20(26)15-5-9-17(28-2)10-6-15/h3-10H,12-13H2,1-2H3. The molecule has 1 aromatic heterocycles. The molecule has 9 heteroatoms. The zero-order valence-corrected chi connectivity index (χ0v) is 19.2. The van der Waals surface area contributed by atoms with Crippen LogP contribution in [0.2, 0.25) is 0 Å². The molecular weight excluding hydrogens is 452 g/mol. The minimum atomic E-state index is -0.0616. The maximum atomic E-state index is 12.4. The average molecular weight is 471 g/mol. The highest BCUT2D eigenvalue weighted by Gasteiger charge is 2.18. The Labute approximate surface area is 192 Å². The Bertz CT molecular complexity index is 1020. The Morgan fingerprint density at radius 3 is 1.84 bits per heavy atom. The van der Waals surface area contributed by atoms with Gasteiger partial charge in [-0.15, -0.1) is 11.8 Å². The van der Waals surface area contributed by atoms with Gasteiger partial charge in [-0.1, -0.05) is 11.8 Å². The van der Waals surface area contributed by atoms with E-state index in [-0.39, 0.29) is 23.1 Å². The highest BCUT2D eigenvalue weighted by Crippen LogP contribution is 2.35. The van der Waals surface area contributed by atoms with Crippen molar-refractivity contribution >= 4 is 46.6 Å². The number of carbonyl (C=O) groups is 2. The lowest BCUT2D eigenvalue weighted by molar-refractivity contribution is 0.101. The Morgan fingerprint density at radius 1 is 0.903 bits per heavy atom. The topological polar surface area (TPSA) is 89.3 Å². The van der Waals surface area contributed by atoms with Gasteiger partial charge in [0, 0.05) is 11.1 Å². The molecule has 158 valence electrons. The van der Waals surface area contributed by atoms with Crippen LogP contribution in [0, 0.1) is 11.3 Å². The Balaban J connectivity index is 1.60. The van der Waals surface area contributed by atoms with E-state index in [1.165, 1.54) is 35.1 Å². The Hall–Kier alpha value is -2.80. The second-order valence-electron chi connectivity index (χ2n) is 6.14. The monoisotopic (exact) mass is 470 g/mol. The molecule has 3 rings (SSSR count). The molecule has 0 fully saturated rings. The van der Waals surface area contributed by atoms with Crippen LogP contribution in [0.15, 0.2) is 57.8 Å². The summed E-state index contributed by atoms with van der Waals surface area (Å²) < 4.78 is 15.2. The molecule has 31 heavy (non-hydrogen) atoms. The van der Waals surface area contributed by atoms with Gasteiger partial charge in [-0.3, -0.25) is 9.59 Å². The number of hydrogen-bond acceptors (Lipinski definition) is 9. The number of Topliss-reactive ketones (excluding diaryl/α,β-unsaturated/α-hetero) is 2. The third-order valence-electron chi connectivity index (χ3n) is 4.24. The number of methoxy groups -OCH3 is 2. The van der Waals surface area contributed by atoms with E-state index in [9.17, 15) is 14.9 Å². The van der Waals surface area contributed by atoms with Crippen LogP contribution in [0.5, 0.6) is 11.5 Å². The predicted octanol–water partition coefficient (Wildman–Crippen LogP) is 4.98. The maximum absolute atomic E-state index is 12.4. The van der Waals surface area contributed by atoms with Crippen LogP contribution in [-0.4, -0.2) is 41.7 Å². The summed E-state index contributed by atoms with van der Waals surface area (Å²) >= 11 is 3.67. The minimum Gasteiger partial charge on any atom is -0.497 e. The maximum Gasteiger partial charge on any atom is 0.173 e. The zero-order chi connectivity index (χ0) is 22.2. The largest absolute Gasteiger partial charge is 0.497 e. The number of hydrogen-bond donors (Lipinski definition) is 0. The summed E-state index contributed by atoms with van der Waals surface area (Å²) in [5.41, 5.74) is 1.56. The van der Waals surface area contributed by atoms with Gasteiger partial charge in [0.25, 0.3) is 0 Å². The molecule has 0 unspecified atom stereocenters. The van der Waals surface area contributed by atoms with Gasteiger partial charge in [0.2, 0.25) is 0 Å². The molecule has 0 aliphatic heterocycles. The fourth-order valence-electron chi connectivity index (χ4n) is 2.54. The van der Waals surface area contributed by atoms with Gasteiger partial charge in [0.15, 0.2) is 11.6 Å². The fraction of sp³-hybridized carbons (Fsp3) is 0.182. The van der Waals surface area contributed by atoms with Crippen LogP contribution in [0.1, 0.15) is 26.3 Å². The number of aromatic nitrogens is 1. The second-order valence-corrected chi connectivity index (χ2v) is 9.12. The van der Waals surface area contributed by atoms with Crippen molar-refractivity contribution in [3.63, 3.8) is 0 Å². The van der Waals surface area contributed by atoms with Crippen molar-refractivity contribution in [3.05, 3.63) is 65.2 Å². The van der Waals surface area contributed by atoms with Gasteiger partial charge in [-0.2, -0.15) is 9.64 Å². The van der Waals surface area contributed by atoms with E-state index in [0.29, 0.717) is 37.4 Å². The van der Waals surface area contributed by atoms with Crippen LogP contribution in [0.25, 0.3) is 0 Å². The molecule has 0 N–H and O–H groups in total. The molecule has 0 aliphatic carbocycles. The smallest absolute Gasteiger partial charge is 0.173 e. The summed E-state index contributed by atoms with van der Waals surface area (Å²) in [5, 5.41) is 10.1. The van der Waals surface area contributed by atoms with Gasteiger partial charge >= 0.3 is 0 Å². The molecule has 0 spiro atoms. The SMILES string of the molecule is COc1ccc(C(=O)CSc2nsc(SCC(=O)c3ccc(OC)cc3)c2C#N)cc1. The Morgan fingerprint density at radius 2 is 1.39 bits per heavy atom. The first-order valence-corrected chi connectivity index (χ1v) is 11.8. The lowest BCUT2D eigenvalue weighted by atomic mass is 10.1. The first-order chi connectivity index (χ1) is 15.0. The van der Waals surface area contributed by atoms with Crippen molar-refractivity contribution < 1.29 is 19.1 Å². The van der Waals surface area contributed by atoms with Gasteiger partial charge in [0.1, 0.15) is 32.4 Å². The average Bonchev–Trinajstić information content (AvgIpc) is 3.22. The molecule has 0 radical (unpaired) electrons. The summed E-state index contributed by atoms with van der Waals surface area (Å²) in [5.74, 6) is 1.62. The van der Waals surface area contributed by atoms with E-state index >= 15 is 0 Å². The molecule has 0 saturated carbocycles. The number of rotatable bonds is 10. The highest BCUT2D eigenvalue weighted by molar-refractivity contribution is 8.02. The van der Waals surface area contributed by atoms with Gasteiger partial charge < -0.3 is 9.47 Å². The quantitative estimate of drug-likeness (QED) is 0.303. The molecule has 0 bridgehead atoms. The van der Waals surface area contributed by atoms with Gasteiger partial charge in [-0.25, -0.2) is 0 Å². The lowest BCUT2D eigenvalue weighted by Gasteiger charge is -2.03. The van der Waals surface area contributed by atoms with E-state index in [2.05, 4.69) is 10.4 Å². The van der Waals surface area contributed by atoms with Crippen LogP contribution < -0.4 is 9.47 Å². The number of benzene rings is 2. The first-order valence-electron chi connectivity index (χ1n) is 9.05. The molecule has 1 heterocycles. The van der Waals surface area contributed by atoms with Crippen molar-refractivity contribution in [1.29, 1.82) is 5.26 Å². The third kappa shape index (κ3) is 5.88. The lowest BCUT2D eigenvalue weighted by Crippen LogP contribution is -2.03. The fourth-order valence-corrected chi connectivity index (χ4v) is 5.42. The normalized spacial score (nSPS) is 10.4. The minimum absolute atomic E-state index is 0.0474. The van der Waals surface area contributed by atoms with Crippen LogP contribution >= 0.6 is 35.1 Å². The molecule has 0 amide bonds. The van der Waals surface area contributed by atoms with Crippen LogP contribution in [0.4, 0.5) is 0 Å². The van der Waals surface area contributed by atoms with E-state index in [1.807, 2.05) is 0 Å². The molecule has 0 aliphatic rings. The predicted molar refractivity (Wildman–Crippen MR) is 123 cm³/mol. The summed E-state index contributed by atoms with van der Waals surface area (Å²) in [6, 6.07) is 15.9. The number of carbonyl (C=O) groups excluding carboxylic acids is 2. The number of ether oxygens (including phenoxy) is 2. The summed E-state index contributed by atoms with van der Waals surface area (Å²) in [6.07, 6.45) is 0. The Kier molecular flexibility index (Phi) is 8.12.